The fraction of sp³-hybridized carbons (Fsp3) is 0.556. The average Bonchev–Trinajstić information content (AvgIpc) is 3.09. The maximum atomic E-state index is 12.6. The van der Waals surface area contributed by atoms with Gasteiger partial charge in [0.05, 0.1) is 5.92 Å². The Morgan fingerprint density at radius 3 is 2.41 bits per heavy atom. The molecule has 1 aromatic carbocycles. The summed E-state index contributed by atoms with van der Waals surface area (Å²) in [6.45, 7) is 6.81. The van der Waals surface area contributed by atoms with E-state index >= 15 is 0 Å². The Labute approximate surface area is 133 Å². The number of nitrogens with zero attached hydrogens (tertiary/aromatic N) is 2. The third-order valence-electron chi connectivity index (χ3n) is 4.42. The topological polar surface area (TPSA) is 40.6 Å². The number of carbonyl (C=O) groups is 2. The highest BCUT2D eigenvalue weighted by Crippen LogP contribution is 2.18. The highest BCUT2D eigenvalue weighted by Gasteiger charge is 2.23. The summed E-state index contributed by atoms with van der Waals surface area (Å²) >= 11 is 0. The van der Waals surface area contributed by atoms with Crippen molar-refractivity contribution in [2.45, 2.75) is 39.0 Å². The molecule has 2 amide bonds. The lowest BCUT2D eigenvalue weighted by Gasteiger charge is -2.25. The van der Waals surface area contributed by atoms with Gasteiger partial charge in [-0.05, 0) is 32.3 Å². The maximum absolute atomic E-state index is 12.6. The summed E-state index contributed by atoms with van der Waals surface area (Å²) in [6.07, 6.45) is 2.64. The van der Waals surface area contributed by atoms with E-state index in [-0.39, 0.29) is 17.7 Å². The van der Waals surface area contributed by atoms with Crippen LogP contribution in [0.2, 0.25) is 0 Å². The van der Waals surface area contributed by atoms with Gasteiger partial charge < -0.3 is 9.80 Å². The standard InChI is InChI=1S/C18H26N2O2/c1-3-19(14-11-17(21)20-12-7-8-13-20)18(22)15(2)16-9-5-4-6-10-16/h4-6,9-10,15H,3,7-8,11-14H2,1-2H3/t15-/m0/s1. The molecule has 0 unspecified atom stereocenters. The number of likely N-dealkylation sites (N-methyl/N-ethyl adjacent to an activating group) is 1. The smallest absolute Gasteiger partial charge is 0.229 e. The Kier molecular flexibility index (Phi) is 5.99. The van der Waals surface area contributed by atoms with Crippen LogP contribution in [0.5, 0.6) is 0 Å². The molecule has 0 spiro atoms. The molecule has 0 radical (unpaired) electrons. The van der Waals surface area contributed by atoms with E-state index in [1.54, 1.807) is 4.90 Å². The summed E-state index contributed by atoms with van der Waals surface area (Å²) in [6, 6.07) is 9.81. The van der Waals surface area contributed by atoms with Crippen molar-refractivity contribution in [3.63, 3.8) is 0 Å². The summed E-state index contributed by atoms with van der Waals surface area (Å²) in [7, 11) is 0. The van der Waals surface area contributed by atoms with Gasteiger partial charge in [0.15, 0.2) is 0 Å². The second kappa shape index (κ2) is 7.97. The third-order valence-corrected chi connectivity index (χ3v) is 4.42. The van der Waals surface area contributed by atoms with Crippen molar-refractivity contribution < 1.29 is 9.59 Å². The molecule has 0 aliphatic carbocycles. The first-order valence-electron chi connectivity index (χ1n) is 8.25. The molecule has 0 N–H and O–H groups in total. The number of carbonyl (C=O) groups excluding carboxylic acids is 2. The van der Waals surface area contributed by atoms with E-state index in [0.29, 0.717) is 19.5 Å². The van der Waals surface area contributed by atoms with Gasteiger partial charge in [-0.1, -0.05) is 30.3 Å². The van der Waals surface area contributed by atoms with Crippen LogP contribution in [0.25, 0.3) is 0 Å². The van der Waals surface area contributed by atoms with Crippen molar-refractivity contribution in [3.8, 4) is 0 Å². The van der Waals surface area contributed by atoms with E-state index in [1.807, 2.05) is 49.1 Å². The molecule has 22 heavy (non-hydrogen) atoms. The fourth-order valence-corrected chi connectivity index (χ4v) is 2.94. The summed E-state index contributed by atoms with van der Waals surface area (Å²) in [5.41, 5.74) is 1.02. The molecule has 0 bridgehead atoms. The van der Waals surface area contributed by atoms with Gasteiger partial charge in [0.2, 0.25) is 11.8 Å². The predicted molar refractivity (Wildman–Crippen MR) is 87.5 cm³/mol. The molecule has 2 rings (SSSR count). The van der Waals surface area contributed by atoms with Crippen molar-refractivity contribution in [2.24, 2.45) is 0 Å². The number of likely N-dealkylation sites (tertiary alicyclic amines) is 1. The normalized spacial score (nSPS) is 15.6. The van der Waals surface area contributed by atoms with E-state index in [9.17, 15) is 9.59 Å². The first kappa shape index (κ1) is 16.5. The van der Waals surface area contributed by atoms with Crippen LogP contribution in [-0.4, -0.2) is 47.8 Å². The summed E-state index contributed by atoms with van der Waals surface area (Å²) in [5.74, 6) is 0.113. The van der Waals surface area contributed by atoms with Gasteiger partial charge in [-0.15, -0.1) is 0 Å². The highest BCUT2D eigenvalue weighted by molar-refractivity contribution is 5.84. The number of hydrogen-bond donors (Lipinski definition) is 0. The Morgan fingerprint density at radius 1 is 1.18 bits per heavy atom. The zero-order valence-electron chi connectivity index (χ0n) is 13.6. The van der Waals surface area contributed by atoms with Crippen LogP contribution in [0.3, 0.4) is 0 Å². The molecule has 0 aromatic heterocycles. The Bertz CT molecular complexity index is 495. The fourth-order valence-electron chi connectivity index (χ4n) is 2.94. The Balaban J connectivity index is 1.90. The van der Waals surface area contributed by atoms with Gasteiger partial charge in [0, 0.05) is 32.6 Å². The van der Waals surface area contributed by atoms with Crippen LogP contribution < -0.4 is 0 Å². The molecule has 1 fully saturated rings. The van der Waals surface area contributed by atoms with E-state index in [1.165, 1.54) is 0 Å². The second-order valence-electron chi connectivity index (χ2n) is 5.89. The van der Waals surface area contributed by atoms with Gasteiger partial charge in [-0.25, -0.2) is 0 Å². The zero-order valence-corrected chi connectivity index (χ0v) is 13.6. The van der Waals surface area contributed by atoms with Gasteiger partial charge >= 0.3 is 0 Å². The van der Waals surface area contributed by atoms with Gasteiger partial charge in [0.1, 0.15) is 0 Å². The first-order chi connectivity index (χ1) is 10.6. The summed E-state index contributed by atoms with van der Waals surface area (Å²) in [4.78, 5) is 28.4. The van der Waals surface area contributed by atoms with Crippen LogP contribution in [-0.2, 0) is 9.59 Å². The summed E-state index contributed by atoms with van der Waals surface area (Å²) < 4.78 is 0. The van der Waals surface area contributed by atoms with Crippen molar-refractivity contribution in [1.82, 2.24) is 9.80 Å². The summed E-state index contributed by atoms with van der Waals surface area (Å²) in [5, 5.41) is 0. The SMILES string of the molecule is CCN(CCC(=O)N1CCCC1)C(=O)[C@@H](C)c1ccccc1. The molecule has 4 heteroatoms. The molecule has 1 aliphatic heterocycles. The number of benzene rings is 1. The van der Waals surface area contributed by atoms with Crippen LogP contribution >= 0.6 is 0 Å². The lowest BCUT2D eigenvalue weighted by Crippen LogP contribution is -2.38. The van der Waals surface area contributed by atoms with Crippen LogP contribution in [0.1, 0.15) is 44.6 Å². The number of amides is 2. The van der Waals surface area contributed by atoms with E-state index < -0.39 is 0 Å². The van der Waals surface area contributed by atoms with E-state index in [0.717, 1.165) is 31.5 Å². The van der Waals surface area contributed by atoms with Crippen molar-refractivity contribution >= 4 is 11.8 Å². The van der Waals surface area contributed by atoms with Crippen molar-refractivity contribution in [1.29, 1.82) is 0 Å². The zero-order chi connectivity index (χ0) is 15.9. The molecular formula is C18H26N2O2. The van der Waals surface area contributed by atoms with Gasteiger partial charge in [0.25, 0.3) is 0 Å². The Morgan fingerprint density at radius 2 is 1.82 bits per heavy atom. The van der Waals surface area contributed by atoms with E-state index in [2.05, 4.69) is 0 Å². The molecule has 1 aliphatic rings. The van der Waals surface area contributed by atoms with Crippen molar-refractivity contribution in [3.05, 3.63) is 35.9 Å². The van der Waals surface area contributed by atoms with Crippen LogP contribution in [0.15, 0.2) is 30.3 Å². The lowest BCUT2D eigenvalue weighted by atomic mass is 10.00. The van der Waals surface area contributed by atoms with Crippen molar-refractivity contribution in [2.75, 3.05) is 26.2 Å². The predicted octanol–water partition coefficient (Wildman–Crippen LogP) is 2.65. The minimum atomic E-state index is -0.164. The van der Waals surface area contributed by atoms with Crippen LogP contribution in [0, 0.1) is 0 Å². The number of rotatable bonds is 6. The number of hydrogen-bond acceptors (Lipinski definition) is 2. The average molecular weight is 302 g/mol. The molecule has 1 aromatic rings. The molecule has 1 heterocycles. The first-order valence-corrected chi connectivity index (χ1v) is 8.25. The molecule has 0 saturated carbocycles. The quantitative estimate of drug-likeness (QED) is 0.810. The molecular weight excluding hydrogens is 276 g/mol. The lowest BCUT2D eigenvalue weighted by molar-refractivity contribution is -0.134. The van der Waals surface area contributed by atoms with E-state index in [4.69, 9.17) is 0 Å². The molecule has 1 saturated heterocycles. The Hall–Kier alpha value is -1.84. The van der Waals surface area contributed by atoms with Gasteiger partial charge in [-0.3, -0.25) is 9.59 Å². The minimum absolute atomic E-state index is 0.0999. The monoisotopic (exact) mass is 302 g/mol. The molecule has 120 valence electrons. The third kappa shape index (κ3) is 4.09. The second-order valence-corrected chi connectivity index (χ2v) is 5.89. The van der Waals surface area contributed by atoms with Crippen LogP contribution in [0.4, 0.5) is 0 Å². The minimum Gasteiger partial charge on any atom is -0.343 e. The highest BCUT2D eigenvalue weighted by atomic mass is 16.2. The largest absolute Gasteiger partial charge is 0.343 e. The molecule has 1 atom stereocenters. The van der Waals surface area contributed by atoms with Gasteiger partial charge in [-0.2, -0.15) is 0 Å². The molecule has 4 nitrogen and oxygen atoms in total. The maximum Gasteiger partial charge on any atom is 0.229 e.